The van der Waals surface area contributed by atoms with Gasteiger partial charge in [-0.15, -0.1) is 0 Å². The van der Waals surface area contributed by atoms with Gasteiger partial charge in [0, 0.05) is 16.0 Å². The summed E-state index contributed by atoms with van der Waals surface area (Å²) < 4.78 is 13.7. The molecule has 0 radical (unpaired) electrons. The van der Waals surface area contributed by atoms with Gasteiger partial charge in [0.15, 0.2) is 0 Å². The normalized spacial score (nSPS) is 11.9. The Morgan fingerprint density at radius 1 is 1.43 bits per heavy atom. The van der Waals surface area contributed by atoms with E-state index in [9.17, 15) is 4.39 Å². The Bertz CT molecular complexity index is 347. The summed E-state index contributed by atoms with van der Waals surface area (Å²) in [6.45, 7) is 5.07. The fourth-order valence-electron chi connectivity index (χ4n) is 1.36. The maximum Gasteiger partial charge on any atom is 0.131 e. The van der Waals surface area contributed by atoms with Crippen molar-refractivity contribution in [2.75, 3.05) is 6.61 Å². The molecule has 0 spiro atoms. The van der Waals surface area contributed by atoms with Gasteiger partial charge >= 0.3 is 0 Å². The van der Waals surface area contributed by atoms with Crippen LogP contribution < -0.4 is 0 Å². The van der Waals surface area contributed by atoms with E-state index in [4.69, 9.17) is 16.7 Å². The molecule has 0 aromatic heterocycles. The summed E-state index contributed by atoms with van der Waals surface area (Å²) in [5.74, 6) is -0.323. The molecule has 0 bridgehead atoms. The molecule has 0 saturated heterocycles. The molecule has 3 heteroatoms. The summed E-state index contributed by atoms with van der Waals surface area (Å²) in [4.78, 5) is 0. The molecule has 0 saturated carbocycles. The monoisotopic (exact) mass is 216 g/mol. The van der Waals surface area contributed by atoms with Crippen LogP contribution >= 0.6 is 11.6 Å². The Balaban J connectivity index is 3.40. The van der Waals surface area contributed by atoms with Crippen LogP contribution in [0, 0.1) is 12.7 Å². The fraction of sp³-hybridized carbons (Fsp3) is 0.455. The first-order valence-corrected chi connectivity index (χ1v) is 4.84. The van der Waals surface area contributed by atoms with Crippen LogP contribution in [0.4, 0.5) is 4.39 Å². The lowest BCUT2D eigenvalue weighted by Crippen LogP contribution is -2.24. The Kier molecular flexibility index (Phi) is 3.17. The Morgan fingerprint density at radius 3 is 2.50 bits per heavy atom. The standard InChI is InChI=1S/C11H14ClFO/c1-7-4-5-8(12)9(10(7)13)11(2,3)6-14/h4-5,14H,6H2,1-3H3. The second kappa shape index (κ2) is 3.87. The molecule has 0 aliphatic carbocycles. The van der Waals surface area contributed by atoms with E-state index >= 15 is 0 Å². The van der Waals surface area contributed by atoms with Gasteiger partial charge in [-0.1, -0.05) is 31.5 Å². The number of rotatable bonds is 2. The second-order valence-electron chi connectivity index (χ2n) is 4.10. The minimum atomic E-state index is -0.646. The van der Waals surface area contributed by atoms with Crippen molar-refractivity contribution in [1.29, 1.82) is 0 Å². The van der Waals surface area contributed by atoms with Gasteiger partial charge < -0.3 is 5.11 Å². The van der Waals surface area contributed by atoms with Crippen molar-refractivity contribution in [2.24, 2.45) is 0 Å². The van der Waals surface area contributed by atoms with E-state index in [2.05, 4.69) is 0 Å². The number of halogens is 2. The van der Waals surface area contributed by atoms with Gasteiger partial charge in [-0.05, 0) is 18.6 Å². The van der Waals surface area contributed by atoms with Gasteiger partial charge in [0.1, 0.15) is 5.82 Å². The highest BCUT2D eigenvalue weighted by atomic mass is 35.5. The number of aliphatic hydroxyl groups is 1. The van der Waals surface area contributed by atoms with E-state index in [1.165, 1.54) is 0 Å². The minimum absolute atomic E-state index is 0.132. The summed E-state index contributed by atoms with van der Waals surface area (Å²) in [7, 11) is 0. The summed E-state index contributed by atoms with van der Waals surface area (Å²) in [6.07, 6.45) is 0. The second-order valence-corrected chi connectivity index (χ2v) is 4.50. The molecule has 0 unspecified atom stereocenters. The summed E-state index contributed by atoms with van der Waals surface area (Å²) in [5, 5.41) is 9.53. The highest BCUT2D eigenvalue weighted by Gasteiger charge is 2.26. The predicted molar refractivity (Wildman–Crippen MR) is 56.3 cm³/mol. The molecule has 14 heavy (non-hydrogen) atoms. The lowest BCUT2D eigenvalue weighted by Gasteiger charge is -2.24. The molecule has 0 aliphatic heterocycles. The van der Waals surface area contributed by atoms with Gasteiger partial charge in [0.25, 0.3) is 0 Å². The molecule has 0 atom stereocenters. The van der Waals surface area contributed by atoms with E-state index in [-0.39, 0.29) is 12.4 Å². The van der Waals surface area contributed by atoms with Crippen LogP contribution in [0.2, 0.25) is 5.02 Å². The van der Waals surface area contributed by atoms with Crippen LogP contribution in [-0.2, 0) is 5.41 Å². The summed E-state index contributed by atoms with van der Waals surface area (Å²) in [6, 6.07) is 3.29. The van der Waals surface area contributed by atoms with Crippen LogP contribution in [0.15, 0.2) is 12.1 Å². The maximum absolute atomic E-state index is 13.7. The zero-order chi connectivity index (χ0) is 10.9. The fourth-order valence-corrected chi connectivity index (χ4v) is 1.76. The van der Waals surface area contributed by atoms with Crippen LogP contribution in [0.5, 0.6) is 0 Å². The van der Waals surface area contributed by atoms with Crippen molar-refractivity contribution < 1.29 is 9.50 Å². The van der Waals surface area contributed by atoms with Gasteiger partial charge in [-0.2, -0.15) is 0 Å². The van der Waals surface area contributed by atoms with E-state index in [1.54, 1.807) is 32.9 Å². The molecular formula is C11H14ClFO. The number of benzene rings is 1. The first-order valence-electron chi connectivity index (χ1n) is 4.46. The molecule has 1 aromatic carbocycles. The average molecular weight is 217 g/mol. The number of aliphatic hydroxyl groups excluding tert-OH is 1. The number of hydrogen-bond donors (Lipinski definition) is 1. The lowest BCUT2D eigenvalue weighted by molar-refractivity contribution is 0.215. The molecule has 1 aromatic rings. The molecule has 0 fully saturated rings. The Morgan fingerprint density at radius 2 is 2.00 bits per heavy atom. The third-order valence-corrected chi connectivity index (χ3v) is 2.67. The molecule has 1 N–H and O–H groups in total. The van der Waals surface area contributed by atoms with Crippen LogP contribution in [0.3, 0.4) is 0 Å². The first-order chi connectivity index (χ1) is 6.40. The Labute approximate surface area is 88.5 Å². The zero-order valence-corrected chi connectivity index (χ0v) is 9.32. The van der Waals surface area contributed by atoms with Gasteiger partial charge in [-0.25, -0.2) is 4.39 Å². The quantitative estimate of drug-likeness (QED) is 0.806. The molecular weight excluding hydrogens is 203 g/mol. The molecule has 1 nitrogen and oxygen atoms in total. The van der Waals surface area contributed by atoms with Crippen molar-refractivity contribution in [3.05, 3.63) is 34.1 Å². The Hall–Kier alpha value is -0.600. The van der Waals surface area contributed by atoms with Crippen molar-refractivity contribution >= 4 is 11.6 Å². The molecule has 0 aliphatic rings. The van der Waals surface area contributed by atoms with E-state index in [0.717, 1.165) is 0 Å². The van der Waals surface area contributed by atoms with E-state index < -0.39 is 5.41 Å². The van der Waals surface area contributed by atoms with Crippen molar-refractivity contribution in [3.8, 4) is 0 Å². The van der Waals surface area contributed by atoms with Crippen molar-refractivity contribution in [1.82, 2.24) is 0 Å². The van der Waals surface area contributed by atoms with Crippen LogP contribution in [0.1, 0.15) is 25.0 Å². The largest absolute Gasteiger partial charge is 0.395 e. The van der Waals surface area contributed by atoms with Crippen molar-refractivity contribution in [3.63, 3.8) is 0 Å². The van der Waals surface area contributed by atoms with Gasteiger partial charge in [-0.3, -0.25) is 0 Å². The summed E-state index contributed by atoms with van der Waals surface area (Å²) >= 11 is 5.91. The predicted octanol–water partition coefficient (Wildman–Crippen LogP) is 3.06. The topological polar surface area (TPSA) is 20.2 Å². The smallest absolute Gasteiger partial charge is 0.131 e. The average Bonchev–Trinajstić information content (AvgIpc) is 2.12. The van der Waals surface area contributed by atoms with E-state index in [1.807, 2.05) is 0 Å². The van der Waals surface area contributed by atoms with Crippen molar-refractivity contribution in [2.45, 2.75) is 26.2 Å². The number of aryl methyl sites for hydroxylation is 1. The zero-order valence-electron chi connectivity index (χ0n) is 8.56. The third-order valence-electron chi connectivity index (χ3n) is 2.36. The molecule has 78 valence electrons. The number of hydrogen-bond acceptors (Lipinski definition) is 1. The maximum atomic E-state index is 13.7. The van der Waals surface area contributed by atoms with Crippen LogP contribution in [0.25, 0.3) is 0 Å². The third kappa shape index (κ3) is 1.91. The highest BCUT2D eigenvalue weighted by molar-refractivity contribution is 6.31. The van der Waals surface area contributed by atoms with Gasteiger partial charge in [0.2, 0.25) is 0 Å². The van der Waals surface area contributed by atoms with Gasteiger partial charge in [0.05, 0.1) is 6.61 Å². The minimum Gasteiger partial charge on any atom is -0.395 e. The molecule has 0 heterocycles. The lowest BCUT2D eigenvalue weighted by atomic mass is 9.84. The summed E-state index contributed by atoms with van der Waals surface area (Å²) in [5.41, 5.74) is 0.292. The molecule has 0 amide bonds. The SMILES string of the molecule is Cc1ccc(Cl)c(C(C)(C)CO)c1F. The van der Waals surface area contributed by atoms with E-state index in [0.29, 0.717) is 16.1 Å². The highest BCUT2D eigenvalue weighted by Crippen LogP contribution is 2.33. The van der Waals surface area contributed by atoms with Crippen LogP contribution in [-0.4, -0.2) is 11.7 Å². The molecule has 1 rings (SSSR count). The first kappa shape index (κ1) is 11.5.